The van der Waals surface area contributed by atoms with Crippen molar-refractivity contribution in [3.63, 3.8) is 0 Å². The molecule has 6 heteroatoms. The summed E-state index contributed by atoms with van der Waals surface area (Å²) in [5.74, 6) is 3.66. The number of nitrogens with zero attached hydrogens (tertiary/aromatic N) is 3. The second kappa shape index (κ2) is 6.20. The molecule has 0 atom stereocenters. The minimum absolute atomic E-state index is 0.0466. The zero-order valence-electron chi connectivity index (χ0n) is 13.1. The van der Waals surface area contributed by atoms with Gasteiger partial charge in [-0.15, -0.1) is 0 Å². The van der Waals surface area contributed by atoms with Gasteiger partial charge in [-0.05, 0) is 31.0 Å². The predicted octanol–water partition coefficient (Wildman–Crippen LogP) is 2.37. The number of fused-ring (bicyclic) bond motifs is 1. The van der Waals surface area contributed by atoms with Gasteiger partial charge in [0.2, 0.25) is 0 Å². The number of benzene rings is 1. The average molecular weight is 315 g/mol. The molecule has 6 nitrogen and oxygen atoms in total. The summed E-state index contributed by atoms with van der Waals surface area (Å²) in [5, 5.41) is 14.0. The Morgan fingerprint density at radius 2 is 1.91 bits per heavy atom. The number of rotatable bonds is 4. The largest absolute Gasteiger partial charge is 0.486 e. The Labute approximate surface area is 135 Å². The summed E-state index contributed by atoms with van der Waals surface area (Å²) in [4.78, 5) is 4.77. The van der Waals surface area contributed by atoms with Crippen molar-refractivity contribution < 1.29 is 14.6 Å². The molecular weight excluding hydrogens is 294 g/mol. The van der Waals surface area contributed by atoms with Gasteiger partial charge in [-0.2, -0.15) is 5.10 Å². The first kappa shape index (κ1) is 14.5. The van der Waals surface area contributed by atoms with Gasteiger partial charge in [-0.25, -0.2) is 9.67 Å². The van der Waals surface area contributed by atoms with E-state index in [-0.39, 0.29) is 6.61 Å². The molecule has 4 rings (SSSR count). The predicted molar refractivity (Wildman–Crippen MR) is 84.7 cm³/mol. The molecule has 23 heavy (non-hydrogen) atoms. The Morgan fingerprint density at radius 3 is 2.70 bits per heavy atom. The SMILES string of the molecule is OCCn1nc(C2CCCC2)nc1-c1ccc2c(c1)OCCO2. The van der Waals surface area contributed by atoms with E-state index >= 15 is 0 Å². The van der Waals surface area contributed by atoms with Crippen LogP contribution in [0.25, 0.3) is 11.4 Å². The summed E-state index contributed by atoms with van der Waals surface area (Å²) in [6, 6.07) is 5.84. The minimum Gasteiger partial charge on any atom is -0.486 e. The number of aliphatic hydroxyl groups is 1. The number of hydrogen-bond donors (Lipinski definition) is 1. The topological polar surface area (TPSA) is 69.4 Å². The first-order chi connectivity index (χ1) is 11.3. The van der Waals surface area contributed by atoms with Crippen LogP contribution in [0.4, 0.5) is 0 Å². The lowest BCUT2D eigenvalue weighted by molar-refractivity contribution is 0.171. The van der Waals surface area contributed by atoms with Crippen LogP contribution in [-0.4, -0.2) is 39.7 Å². The van der Waals surface area contributed by atoms with Crippen LogP contribution < -0.4 is 9.47 Å². The van der Waals surface area contributed by atoms with E-state index < -0.39 is 0 Å². The molecular formula is C17H21N3O3. The molecule has 1 saturated carbocycles. The molecule has 1 aromatic carbocycles. The molecule has 1 aliphatic heterocycles. The summed E-state index contributed by atoms with van der Waals surface area (Å²) < 4.78 is 13.0. The maximum absolute atomic E-state index is 9.32. The van der Waals surface area contributed by atoms with Crippen molar-refractivity contribution in [1.82, 2.24) is 14.8 Å². The highest BCUT2D eigenvalue weighted by atomic mass is 16.6. The van der Waals surface area contributed by atoms with Crippen LogP contribution in [0.1, 0.15) is 37.4 Å². The van der Waals surface area contributed by atoms with E-state index in [1.54, 1.807) is 4.68 Å². The standard InChI is InChI=1S/C17H21N3O3/c21-8-7-20-17(18-16(19-20)12-3-1-2-4-12)13-5-6-14-15(11-13)23-10-9-22-14/h5-6,11-12,21H,1-4,7-10H2. The lowest BCUT2D eigenvalue weighted by Gasteiger charge is -2.18. The summed E-state index contributed by atoms with van der Waals surface area (Å²) in [5.41, 5.74) is 0.944. The van der Waals surface area contributed by atoms with Gasteiger partial charge in [0.25, 0.3) is 0 Å². The zero-order chi connectivity index (χ0) is 15.6. The molecule has 0 spiro atoms. The molecule has 1 N–H and O–H groups in total. The molecule has 1 aliphatic carbocycles. The second-order valence-electron chi connectivity index (χ2n) is 6.08. The highest BCUT2D eigenvalue weighted by Gasteiger charge is 2.24. The molecule has 0 saturated heterocycles. The fourth-order valence-electron chi connectivity index (χ4n) is 3.36. The maximum Gasteiger partial charge on any atom is 0.162 e. The first-order valence-corrected chi connectivity index (χ1v) is 8.31. The number of ether oxygens (including phenoxy) is 2. The summed E-state index contributed by atoms with van der Waals surface area (Å²) in [6.45, 7) is 1.64. The van der Waals surface area contributed by atoms with Crippen LogP contribution in [0.15, 0.2) is 18.2 Å². The zero-order valence-corrected chi connectivity index (χ0v) is 13.1. The van der Waals surface area contributed by atoms with Crippen molar-refractivity contribution in [2.24, 2.45) is 0 Å². The highest BCUT2D eigenvalue weighted by molar-refractivity contribution is 5.61. The Balaban J connectivity index is 1.71. The molecule has 0 radical (unpaired) electrons. The van der Waals surface area contributed by atoms with E-state index in [1.165, 1.54) is 12.8 Å². The molecule has 2 aliphatic rings. The van der Waals surface area contributed by atoms with Crippen molar-refractivity contribution >= 4 is 0 Å². The van der Waals surface area contributed by atoms with Gasteiger partial charge in [0.1, 0.15) is 13.2 Å². The molecule has 2 heterocycles. The fraction of sp³-hybridized carbons (Fsp3) is 0.529. The van der Waals surface area contributed by atoms with E-state index in [4.69, 9.17) is 14.5 Å². The smallest absolute Gasteiger partial charge is 0.162 e. The summed E-state index contributed by atoms with van der Waals surface area (Å²) in [6.07, 6.45) is 4.81. The Morgan fingerprint density at radius 1 is 1.13 bits per heavy atom. The Kier molecular flexibility index (Phi) is 3.91. The summed E-state index contributed by atoms with van der Waals surface area (Å²) in [7, 11) is 0. The van der Waals surface area contributed by atoms with Crippen LogP contribution in [-0.2, 0) is 6.54 Å². The maximum atomic E-state index is 9.32. The Bertz CT molecular complexity index is 692. The van der Waals surface area contributed by atoms with Crippen molar-refractivity contribution in [2.45, 2.75) is 38.1 Å². The van der Waals surface area contributed by atoms with Gasteiger partial charge < -0.3 is 14.6 Å². The monoisotopic (exact) mass is 315 g/mol. The van der Waals surface area contributed by atoms with Crippen LogP contribution in [0.2, 0.25) is 0 Å². The van der Waals surface area contributed by atoms with Gasteiger partial charge in [-0.3, -0.25) is 0 Å². The van der Waals surface area contributed by atoms with E-state index in [2.05, 4.69) is 5.10 Å². The number of aromatic nitrogens is 3. The van der Waals surface area contributed by atoms with Gasteiger partial charge >= 0.3 is 0 Å². The normalized spacial score (nSPS) is 17.6. The minimum atomic E-state index is 0.0466. The van der Waals surface area contributed by atoms with Crippen molar-refractivity contribution in [3.8, 4) is 22.9 Å². The molecule has 0 bridgehead atoms. The first-order valence-electron chi connectivity index (χ1n) is 8.31. The van der Waals surface area contributed by atoms with Gasteiger partial charge in [0.05, 0.1) is 13.2 Å². The third-order valence-electron chi connectivity index (χ3n) is 4.52. The third kappa shape index (κ3) is 2.79. The van der Waals surface area contributed by atoms with Crippen LogP contribution in [0.5, 0.6) is 11.5 Å². The van der Waals surface area contributed by atoms with E-state index in [0.29, 0.717) is 25.7 Å². The van der Waals surface area contributed by atoms with E-state index in [9.17, 15) is 5.11 Å². The molecule has 122 valence electrons. The van der Waals surface area contributed by atoms with Crippen LogP contribution in [0, 0.1) is 0 Å². The second-order valence-corrected chi connectivity index (χ2v) is 6.08. The van der Waals surface area contributed by atoms with Gasteiger partial charge in [0, 0.05) is 11.5 Å². The van der Waals surface area contributed by atoms with Crippen molar-refractivity contribution in [1.29, 1.82) is 0 Å². The number of aliphatic hydroxyl groups excluding tert-OH is 1. The van der Waals surface area contributed by atoms with E-state index in [1.807, 2.05) is 18.2 Å². The Hall–Kier alpha value is -2.08. The van der Waals surface area contributed by atoms with Crippen LogP contribution >= 0.6 is 0 Å². The third-order valence-corrected chi connectivity index (χ3v) is 4.52. The lowest BCUT2D eigenvalue weighted by atomic mass is 10.1. The molecule has 1 aromatic heterocycles. The number of hydrogen-bond acceptors (Lipinski definition) is 5. The van der Waals surface area contributed by atoms with Crippen molar-refractivity contribution in [2.75, 3.05) is 19.8 Å². The molecule has 0 amide bonds. The molecule has 2 aromatic rings. The highest BCUT2D eigenvalue weighted by Crippen LogP contribution is 2.36. The molecule has 0 unspecified atom stereocenters. The quantitative estimate of drug-likeness (QED) is 0.938. The van der Waals surface area contributed by atoms with Crippen LogP contribution in [0.3, 0.4) is 0 Å². The average Bonchev–Trinajstić information content (AvgIpc) is 3.24. The lowest BCUT2D eigenvalue weighted by Crippen LogP contribution is -2.15. The van der Waals surface area contributed by atoms with Gasteiger partial charge in [-0.1, -0.05) is 12.8 Å². The molecule has 1 fully saturated rings. The summed E-state index contributed by atoms with van der Waals surface area (Å²) >= 11 is 0. The van der Waals surface area contributed by atoms with E-state index in [0.717, 1.165) is 41.6 Å². The van der Waals surface area contributed by atoms with Gasteiger partial charge in [0.15, 0.2) is 23.1 Å². The van der Waals surface area contributed by atoms with Crippen molar-refractivity contribution in [3.05, 3.63) is 24.0 Å². The fourth-order valence-corrected chi connectivity index (χ4v) is 3.36.